The molecule has 3 N–H and O–H groups in total. The number of imidazole rings is 1. The number of hydrogen-bond acceptors (Lipinski definition) is 7. The molecule has 0 bridgehead atoms. The number of rotatable bonds is 8. The lowest BCUT2D eigenvalue weighted by Gasteiger charge is -2.33. The van der Waals surface area contributed by atoms with Gasteiger partial charge in [0.1, 0.15) is 12.1 Å². The number of carbonyl (C=O) groups excluding carboxylic acids is 3. The molecule has 14 heteroatoms. The molecule has 2 aliphatic heterocycles. The average Bonchev–Trinajstić information content (AvgIpc) is 3.64. The predicted molar refractivity (Wildman–Crippen MR) is 149 cm³/mol. The van der Waals surface area contributed by atoms with Crippen LogP contribution in [0.15, 0.2) is 41.8 Å². The van der Waals surface area contributed by atoms with Gasteiger partial charge in [0.2, 0.25) is 33.7 Å². The number of halogens is 1. The molecule has 2 fully saturated rings. The number of nitrogens with one attached hydrogen (secondary N) is 3. The van der Waals surface area contributed by atoms with E-state index in [4.69, 9.17) is 11.6 Å². The summed E-state index contributed by atoms with van der Waals surface area (Å²) in [6.45, 7) is 0.498. The highest BCUT2D eigenvalue weighted by Crippen LogP contribution is 2.24. The van der Waals surface area contributed by atoms with Crippen molar-refractivity contribution in [3.63, 3.8) is 0 Å². The molecule has 3 amide bonds. The summed E-state index contributed by atoms with van der Waals surface area (Å²) in [7, 11) is -3.90. The Morgan fingerprint density at radius 2 is 1.95 bits per heavy atom. The van der Waals surface area contributed by atoms with Crippen molar-refractivity contribution >= 4 is 73.7 Å². The Hall–Kier alpha value is -3.26. The van der Waals surface area contributed by atoms with Gasteiger partial charge in [-0.25, -0.2) is 13.4 Å². The van der Waals surface area contributed by atoms with Crippen molar-refractivity contribution in [3.05, 3.63) is 51.0 Å². The molecule has 0 radical (unpaired) electrons. The van der Waals surface area contributed by atoms with Crippen LogP contribution in [0, 0.1) is 0 Å². The molecule has 2 aromatic heterocycles. The number of anilines is 1. The number of sulfonamides is 1. The Labute approximate surface area is 234 Å². The van der Waals surface area contributed by atoms with Crippen molar-refractivity contribution in [2.24, 2.45) is 0 Å². The van der Waals surface area contributed by atoms with Crippen LogP contribution in [-0.4, -0.2) is 77.6 Å². The van der Waals surface area contributed by atoms with Crippen LogP contribution >= 0.6 is 22.9 Å². The van der Waals surface area contributed by atoms with Gasteiger partial charge < -0.3 is 14.8 Å². The molecule has 4 heterocycles. The lowest BCUT2D eigenvalue weighted by atomic mass is 10.1. The van der Waals surface area contributed by atoms with E-state index in [1.54, 1.807) is 12.1 Å². The highest BCUT2D eigenvalue weighted by atomic mass is 35.5. The van der Waals surface area contributed by atoms with Gasteiger partial charge in [-0.3, -0.25) is 19.7 Å². The first kappa shape index (κ1) is 27.3. The van der Waals surface area contributed by atoms with Crippen molar-refractivity contribution < 1.29 is 22.8 Å². The number of thiophene rings is 1. The molecule has 11 nitrogen and oxygen atoms in total. The third-order valence-electron chi connectivity index (χ3n) is 6.68. The van der Waals surface area contributed by atoms with E-state index in [9.17, 15) is 22.8 Å². The first-order valence-electron chi connectivity index (χ1n) is 12.5. The fourth-order valence-corrected chi connectivity index (χ4v) is 6.89. The standard InChI is InChI=1S/C25H27ClN6O5S2/c26-21-10-9-16(38-21)11-14-39(36,37)30-19-7-3-12-31(24(19)35)15-22(33)32-13-4-8-20(32)23(34)29-25-27-17-5-1-2-6-18(17)28-25/h1-2,5-6,9-11,14,19-20,30H,3-4,7-8,12-13,15H2,(H2,27,28,29,34)/b14-11+/t19-,20+/m0/s1. The van der Waals surface area contributed by atoms with Gasteiger partial charge in [-0.1, -0.05) is 23.7 Å². The van der Waals surface area contributed by atoms with E-state index in [-0.39, 0.29) is 18.4 Å². The zero-order valence-electron chi connectivity index (χ0n) is 20.8. The Morgan fingerprint density at radius 1 is 1.15 bits per heavy atom. The molecule has 0 spiro atoms. The summed E-state index contributed by atoms with van der Waals surface area (Å²) in [5, 5.41) is 3.76. The van der Waals surface area contributed by atoms with Gasteiger partial charge >= 0.3 is 0 Å². The zero-order valence-corrected chi connectivity index (χ0v) is 23.2. The molecule has 3 aromatic rings. The monoisotopic (exact) mass is 590 g/mol. The van der Waals surface area contributed by atoms with Crippen molar-refractivity contribution in [1.82, 2.24) is 24.5 Å². The minimum absolute atomic E-state index is 0.227. The smallest absolute Gasteiger partial charge is 0.249 e. The van der Waals surface area contributed by atoms with Crippen LogP contribution in [0.3, 0.4) is 0 Å². The number of hydrogen-bond donors (Lipinski definition) is 3. The van der Waals surface area contributed by atoms with E-state index < -0.39 is 28.0 Å². The molecule has 5 rings (SSSR count). The highest BCUT2D eigenvalue weighted by molar-refractivity contribution is 7.92. The molecular formula is C25H27ClN6O5S2. The molecule has 0 unspecified atom stereocenters. The maximum Gasteiger partial charge on any atom is 0.249 e. The lowest BCUT2D eigenvalue weighted by Crippen LogP contribution is -2.55. The number of aromatic amines is 1. The third kappa shape index (κ3) is 6.49. The summed E-state index contributed by atoms with van der Waals surface area (Å²) in [5.74, 6) is -0.871. The van der Waals surface area contributed by atoms with Crippen LogP contribution in [0.2, 0.25) is 4.34 Å². The number of aromatic nitrogens is 2. The number of para-hydroxylation sites is 2. The van der Waals surface area contributed by atoms with Crippen molar-refractivity contribution in [1.29, 1.82) is 0 Å². The van der Waals surface area contributed by atoms with Crippen molar-refractivity contribution in [2.75, 3.05) is 25.0 Å². The van der Waals surface area contributed by atoms with E-state index in [1.807, 2.05) is 24.3 Å². The first-order valence-corrected chi connectivity index (χ1v) is 15.2. The molecule has 0 aliphatic carbocycles. The minimum Gasteiger partial charge on any atom is -0.332 e. The van der Waals surface area contributed by atoms with Crippen LogP contribution < -0.4 is 10.0 Å². The molecule has 1 aromatic carbocycles. The SMILES string of the molecule is O=C(Nc1nc2ccccc2[nH]1)[C@H]1CCCN1C(=O)CN1CCC[C@H](NS(=O)(=O)/C=C/c2ccc(Cl)s2)C1=O. The van der Waals surface area contributed by atoms with Gasteiger partial charge in [-0.2, -0.15) is 4.72 Å². The van der Waals surface area contributed by atoms with Crippen LogP contribution in [0.5, 0.6) is 0 Å². The second-order valence-electron chi connectivity index (χ2n) is 9.40. The number of carbonyl (C=O) groups is 3. The fourth-order valence-electron chi connectivity index (χ4n) is 4.82. The van der Waals surface area contributed by atoms with Crippen LogP contribution in [0.25, 0.3) is 17.1 Å². The van der Waals surface area contributed by atoms with Crippen molar-refractivity contribution in [2.45, 2.75) is 37.8 Å². The molecular weight excluding hydrogens is 564 g/mol. The Kier molecular flexibility index (Phi) is 8.03. The van der Waals surface area contributed by atoms with E-state index in [2.05, 4.69) is 20.0 Å². The summed E-state index contributed by atoms with van der Waals surface area (Å²) in [6.07, 6.45) is 3.43. The molecule has 206 valence electrons. The number of piperidine rings is 1. The zero-order chi connectivity index (χ0) is 27.6. The van der Waals surface area contributed by atoms with E-state index in [0.29, 0.717) is 59.5 Å². The second-order valence-corrected chi connectivity index (χ2v) is 12.7. The minimum atomic E-state index is -3.90. The first-order chi connectivity index (χ1) is 18.7. The van der Waals surface area contributed by atoms with Crippen LogP contribution in [0.1, 0.15) is 30.6 Å². The van der Waals surface area contributed by atoms with Crippen molar-refractivity contribution in [3.8, 4) is 0 Å². The summed E-state index contributed by atoms with van der Waals surface area (Å²) in [6, 6.07) is 9.09. The normalized spacial score (nSPS) is 20.3. The third-order valence-corrected chi connectivity index (χ3v) is 8.98. The number of H-pyrrole nitrogens is 1. The maximum atomic E-state index is 13.2. The molecule has 0 saturated carbocycles. The van der Waals surface area contributed by atoms with E-state index in [1.165, 1.54) is 27.2 Å². The molecule has 2 atom stereocenters. The quantitative estimate of drug-likeness (QED) is 0.368. The van der Waals surface area contributed by atoms with Gasteiger partial charge in [0.25, 0.3) is 0 Å². The lowest BCUT2D eigenvalue weighted by molar-refractivity contribution is -0.144. The maximum absolute atomic E-state index is 13.2. The van der Waals surface area contributed by atoms with E-state index >= 15 is 0 Å². The van der Waals surface area contributed by atoms with E-state index in [0.717, 1.165) is 10.9 Å². The molecule has 39 heavy (non-hydrogen) atoms. The average molecular weight is 591 g/mol. The summed E-state index contributed by atoms with van der Waals surface area (Å²) in [4.78, 5) is 50.2. The summed E-state index contributed by atoms with van der Waals surface area (Å²) in [5.41, 5.74) is 1.50. The summed E-state index contributed by atoms with van der Waals surface area (Å²) < 4.78 is 28.1. The number of amides is 3. The van der Waals surface area contributed by atoms with Gasteiger partial charge in [0.05, 0.1) is 21.9 Å². The van der Waals surface area contributed by atoms with Gasteiger partial charge in [-0.05, 0) is 56.0 Å². The Balaban J connectivity index is 1.19. The predicted octanol–water partition coefficient (Wildman–Crippen LogP) is 2.79. The van der Waals surface area contributed by atoms with Gasteiger partial charge in [0, 0.05) is 23.4 Å². The Morgan fingerprint density at radius 3 is 2.72 bits per heavy atom. The second kappa shape index (κ2) is 11.5. The van der Waals surface area contributed by atoms with Gasteiger partial charge in [0.15, 0.2) is 0 Å². The number of fused-ring (bicyclic) bond motifs is 1. The largest absolute Gasteiger partial charge is 0.332 e. The van der Waals surface area contributed by atoms with Crippen LogP contribution in [0.4, 0.5) is 5.95 Å². The number of nitrogens with zero attached hydrogens (tertiary/aromatic N) is 3. The molecule has 2 aliphatic rings. The molecule has 2 saturated heterocycles. The van der Waals surface area contributed by atoms with Crippen LogP contribution in [-0.2, 0) is 24.4 Å². The summed E-state index contributed by atoms with van der Waals surface area (Å²) >= 11 is 7.11. The fraction of sp³-hybridized carbons (Fsp3) is 0.360. The van der Waals surface area contributed by atoms with Gasteiger partial charge in [-0.15, -0.1) is 11.3 Å². The number of benzene rings is 1. The topological polar surface area (TPSA) is 145 Å². The highest BCUT2D eigenvalue weighted by Gasteiger charge is 2.37. The Bertz CT molecular complexity index is 1500. The number of likely N-dealkylation sites (tertiary alicyclic amines) is 2.